The lowest BCUT2D eigenvalue weighted by atomic mass is 10.1. The van der Waals surface area contributed by atoms with Gasteiger partial charge in [-0.3, -0.25) is 19.2 Å². The predicted octanol–water partition coefficient (Wildman–Crippen LogP) is -1.24. The second-order valence-corrected chi connectivity index (χ2v) is 8.81. The van der Waals surface area contributed by atoms with E-state index in [-0.39, 0.29) is 18.6 Å². The van der Waals surface area contributed by atoms with Crippen LogP contribution in [0.1, 0.15) is 19.3 Å². The second kappa shape index (κ2) is 16.1. The maximum Gasteiger partial charge on any atom is 0.326 e. The normalized spacial score (nSPS) is 14.6. The van der Waals surface area contributed by atoms with Crippen molar-refractivity contribution in [3.8, 4) is 0 Å². The molecule has 0 saturated carbocycles. The largest absolute Gasteiger partial charge is 0.481 e. The molecule has 14 heteroatoms. The van der Waals surface area contributed by atoms with Crippen molar-refractivity contribution in [3.63, 3.8) is 0 Å². The van der Waals surface area contributed by atoms with Gasteiger partial charge < -0.3 is 31.9 Å². The van der Waals surface area contributed by atoms with Gasteiger partial charge in [0.15, 0.2) is 0 Å². The van der Waals surface area contributed by atoms with Gasteiger partial charge in [-0.15, -0.1) is 0 Å². The fourth-order valence-corrected chi connectivity index (χ4v) is 3.40. The number of nitrogens with one attached hydrogen (secondary N) is 3. The molecule has 0 heterocycles. The highest BCUT2D eigenvalue weighted by Gasteiger charge is 2.31. The zero-order chi connectivity index (χ0) is 24.0. The third-order valence-electron chi connectivity index (χ3n) is 4.01. The molecule has 4 unspecified atom stereocenters. The van der Waals surface area contributed by atoms with Crippen molar-refractivity contribution in [2.24, 2.45) is 5.73 Å². The summed E-state index contributed by atoms with van der Waals surface area (Å²) in [5, 5.41) is 25.4. The average Bonchev–Trinajstić information content (AvgIpc) is 2.71. The average molecular weight is 499 g/mol. The Morgan fingerprint density at radius 3 is 1.74 bits per heavy atom. The van der Waals surface area contributed by atoms with E-state index >= 15 is 0 Å². The highest BCUT2D eigenvalue weighted by Crippen LogP contribution is 2.05. The summed E-state index contributed by atoms with van der Waals surface area (Å²) in [4.78, 5) is 59.8. The van der Waals surface area contributed by atoms with Gasteiger partial charge in [0.25, 0.3) is 0 Å². The molecule has 11 nitrogen and oxygen atoms in total. The number of amides is 3. The quantitative estimate of drug-likeness (QED) is 0.127. The van der Waals surface area contributed by atoms with Crippen LogP contribution in [0, 0.1) is 0 Å². The van der Waals surface area contributed by atoms with Crippen molar-refractivity contribution in [3.05, 3.63) is 0 Å². The molecule has 0 fully saturated rings. The maximum atomic E-state index is 12.7. The topological polar surface area (TPSA) is 188 Å². The Hall–Kier alpha value is -1.64. The number of carboxylic acid groups (broad SMARTS) is 2. The summed E-state index contributed by atoms with van der Waals surface area (Å²) in [5.41, 5.74) is 5.61. The molecule has 0 radical (unpaired) electrons. The molecule has 0 saturated heterocycles. The molecule has 0 aliphatic heterocycles. The van der Waals surface area contributed by atoms with E-state index in [4.69, 9.17) is 10.8 Å². The SMILES string of the molecule is CSCCC(NC(=O)C(CC(=O)O)NC(=O)C(CCSC)NC(=O)C(N)CS)C(=O)O. The van der Waals surface area contributed by atoms with Gasteiger partial charge in [0.05, 0.1) is 12.5 Å². The standard InChI is InChI=1S/C17H30N4O7S3/c1-30-5-3-10(19-14(24)9(18)8-29)15(25)21-12(7-13(22)23)16(26)20-11(17(27)28)4-6-31-2/h9-12,29H,3-8,18H2,1-2H3,(H,19,24)(H,20,26)(H,21,25)(H,22,23)(H,27,28). The molecule has 7 N–H and O–H groups in total. The Labute approximate surface area is 194 Å². The first-order valence-electron chi connectivity index (χ1n) is 9.27. The number of hydrogen-bond acceptors (Lipinski definition) is 9. The Morgan fingerprint density at radius 1 is 0.839 bits per heavy atom. The fraction of sp³-hybridized carbons (Fsp3) is 0.706. The van der Waals surface area contributed by atoms with E-state index < -0.39 is 60.2 Å². The van der Waals surface area contributed by atoms with Crippen LogP contribution in [0.4, 0.5) is 0 Å². The third kappa shape index (κ3) is 12.1. The first-order chi connectivity index (χ1) is 14.6. The number of thioether (sulfide) groups is 2. The van der Waals surface area contributed by atoms with Crippen molar-refractivity contribution >= 4 is 65.8 Å². The minimum atomic E-state index is -1.52. The lowest BCUT2D eigenvalue weighted by molar-refractivity contribution is -0.143. The minimum absolute atomic E-state index is 0.0549. The van der Waals surface area contributed by atoms with Crippen molar-refractivity contribution in [1.82, 2.24) is 16.0 Å². The lowest BCUT2D eigenvalue weighted by Gasteiger charge is -2.24. The molecular formula is C17H30N4O7S3. The van der Waals surface area contributed by atoms with E-state index in [1.54, 1.807) is 12.5 Å². The van der Waals surface area contributed by atoms with Gasteiger partial charge in [-0.2, -0.15) is 36.2 Å². The summed E-state index contributed by atoms with van der Waals surface area (Å²) < 4.78 is 0. The molecule has 178 valence electrons. The first-order valence-corrected chi connectivity index (χ1v) is 12.7. The van der Waals surface area contributed by atoms with Gasteiger partial charge in [-0.1, -0.05) is 0 Å². The summed E-state index contributed by atoms with van der Waals surface area (Å²) in [6.07, 6.45) is 3.16. The smallest absolute Gasteiger partial charge is 0.326 e. The van der Waals surface area contributed by atoms with Gasteiger partial charge >= 0.3 is 11.9 Å². The molecule has 0 aromatic rings. The van der Waals surface area contributed by atoms with E-state index in [2.05, 4.69) is 28.6 Å². The molecule has 0 aromatic heterocycles. The molecule has 3 amide bonds. The van der Waals surface area contributed by atoms with Crippen LogP contribution in [0.5, 0.6) is 0 Å². The number of carboxylic acids is 2. The molecule has 0 rings (SSSR count). The third-order valence-corrected chi connectivity index (χ3v) is 5.70. The maximum absolute atomic E-state index is 12.7. The Morgan fingerprint density at radius 2 is 1.29 bits per heavy atom. The highest BCUT2D eigenvalue weighted by atomic mass is 32.2. The Balaban J connectivity index is 5.39. The predicted molar refractivity (Wildman–Crippen MR) is 124 cm³/mol. The number of thiol groups is 1. The van der Waals surface area contributed by atoms with E-state index in [0.29, 0.717) is 11.5 Å². The molecule has 31 heavy (non-hydrogen) atoms. The van der Waals surface area contributed by atoms with Crippen molar-refractivity contribution in [2.45, 2.75) is 43.4 Å². The zero-order valence-electron chi connectivity index (χ0n) is 17.3. The van der Waals surface area contributed by atoms with Crippen molar-refractivity contribution < 1.29 is 34.2 Å². The van der Waals surface area contributed by atoms with Crippen molar-refractivity contribution in [1.29, 1.82) is 0 Å². The van der Waals surface area contributed by atoms with E-state index in [9.17, 15) is 29.1 Å². The second-order valence-electron chi connectivity index (χ2n) is 6.47. The van der Waals surface area contributed by atoms with Crippen LogP contribution in [-0.2, 0) is 24.0 Å². The molecule has 0 aromatic carbocycles. The number of hydrogen-bond donors (Lipinski definition) is 7. The van der Waals surface area contributed by atoms with Crippen LogP contribution in [0.2, 0.25) is 0 Å². The minimum Gasteiger partial charge on any atom is -0.481 e. The van der Waals surface area contributed by atoms with Gasteiger partial charge in [0.1, 0.15) is 18.1 Å². The van der Waals surface area contributed by atoms with Gasteiger partial charge in [0, 0.05) is 5.75 Å². The van der Waals surface area contributed by atoms with Gasteiger partial charge in [0.2, 0.25) is 17.7 Å². The Bertz CT molecular complexity index is 639. The van der Waals surface area contributed by atoms with Crippen LogP contribution < -0.4 is 21.7 Å². The summed E-state index contributed by atoms with van der Waals surface area (Å²) >= 11 is 6.75. The molecule has 0 spiro atoms. The lowest BCUT2D eigenvalue weighted by Crippen LogP contribution is -2.57. The fourth-order valence-electron chi connectivity index (χ4n) is 2.29. The molecule has 0 aliphatic carbocycles. The number of carbonyl (C=O) groups excluding carboxylic acids is 3. The number of aliphatic carboxylic acids is 2. The van der Waals surface area contributed by atoms with E-state index in [1.165, 1.54) is 23.5 Å². The summed E-state index contributed by atoms with van der Waals surface area (Å²) in [5.74, 6) is -3.94. The highest BCUT2D eigenvalue weighted by molar-refractivity contribution is 7.98. The van der Waals surface area contributed by atoms with Crippen LogP contribution in [-0.4, -0.2) is 93.8 Å². The van der Waals surface area contributed by atoms with Crippen LogP contribution in [0.15, 0.2) is 0 Å². The van der Waals surface area contributed by atoms with Gasteiger partial charge in [-0.25, -0.2) is 4.79 Å². The van der Waals surface area contributed by atoms with Gasteiger partial charge in [-0.05, 0) is 36.9 Å². The number of rotatable bonds is 16. The first kappa shape index (κ1) is 29.4. The molecular weight excluding hydrogens is 468 g/mol. The number of carbonyl (C=O) groups is 5. The van der Waals surface area contributed by atoms with Crippen LogP contribution >= 0.6 is 36.2 Å². The number of nitrogens with two attached hydrogens (primary N) is 1. The summed E-state index contributed by atoms with van der Waals surface area (Å²) in [6, 6.07) is -4.75. The summed E-state index contributed by atoms with van der Waals surface area (Å²) in [7, 11) is 0. The zero-order valence-corrected chi connectivity index (χ0v) is 19.9. The van der Waals surface area contributed by atoms with E-state index in [1.807, 2.05) is 0 Å². The van der Waals surface area contributed by atoms with E-state index in [0.717, 1.165) is 0 Å². The summed E-state index contributed by atoms with van der Waals surface area (Å²) in [6.45, 7) is 0. The van der Waals surface area contributed by atoms with Crippen molar-refractivity contribution in [2.75, 3.05) is 29.8 Å². The van der Waals surface area contributed by atoms with Crippen LogP contribution in [0.25, 0.3) is 0 Å². The Kier molecular flexibility index (Phi) is 15.2. The molecule has 0 bridgehead atoms. The monoisotopic (exact) mass is 498 g/mol. The molecule has 0 aliphatic rings. The van der Waals surface area contributed by atoms with Crippen LogP contribution in [0.3, 0.4) is 0 Å². The molecule has 4 atom stereocenters.